The summed E-state index contributed by atoms with van der Waals surface area (Å²) in [4.78, 5) is 1.06. The molecule has 5 N–H and O–H groups in total. The van der Waals surface area contributed by atoms with Crippen molar-refractivity contribution in [3.63, 3.8) is 0 Å². The first-order valence-electron chi connectivity index (χ1n) is 4.37. The predicted molar refractivity (Wildman–Crippen MR) is 61.9 cm³/mol. The van der Waals surface area contributed by atoms with Crippen molar-refractivity contribution in [2.75, 3.05) is 5.73 Å². The van der Waals surface area contributed by atoms with Gasteiger partial charge in [0.25, 0.3) is 0 Å². The highest BCUT2D eigenvalue weighted by molar-refractivity contribution is 7.13. The zero-order chi connectivity index (χ0) is 10.8. The molecule has 0 unspecified atom stereocenters. The monoisotopic (exact) mass is 221 g/mol. The number of nitrogens with two attached hydrogens (primary N) is 2. The maximum Gasteiger partial charge on any atom is 0.122 e. The third-order valence-corrected chi connectivity index (χ3v) is 2.80. The van der Waals surface area contributed by atoms with Gasteiger partial charge >= 0.3 is 0 Å². The Labute approximate surface area is 90.8 Å². The summed E-state index contributed by atoms with van der Waals surface area (Å²) in [7, 11) is 0. The minimum atomic E-state index is 0.0440. The highest BCUT2D eigenvalue weighted by atomic mass is 32.1. The number of nitrogen functional groups attached to an aromatic ring is 1. The van der Waals surface area contributed by atoms with Crippen molar-refractivity contribution in [1.29, 1.82) is 5.41 Å². The summed E-state index contributed by atoms with van der Waals surface area (Å²) in [5.74, 6) is 0.566. The molecule has 0 radical (unpaired) electrons. The second kappa shape index (κ2) is 3.74. The fourth-order valence-electron chi connectivity index (χ4n) is 1.26. The third kappa shape index (κ3) is 1.99. The molecule has 0 aliphatic carbocycles. The predicted octanol–water partition coefficient (Wildman–Crippen LogP) is 1.13. The van der Waals surface area contributed by atoms with Crippen LogP contribution in [0, 0.1) is 5.41 Å². The molecule has 0 saturated carbocycles. The van der Waals surface area contributed by atoms with Gasteiger partial charge in [-0.1, -0.05) is 6.07 Å². The van der Waals surface area contributed by atoms with E-state index >= 15 is 0 Å². The van der Waals surface area contributed by atoms with Crippen LogP contribution in [-0.4, -0.2) is 15.6 Å². The minimum absolute atomic E-state index is 0.0440. The van der Waals surface area contributed by atoms with Crippen molar-refractivity contribution in [1.82, 2.24) is 9.78 Å². The molecule has 0 spiro atoms. The number of thiophene rings is 1. The van der Waals surface area contributed by atoms with E-state index in [1.165, 1.54) is 4.68 Å². The van der Waals surface area contributed by atoms with Crippen LogP contribution in [0.4, 0.5) is 5.82 Å². The van der Waals surface area contributed by atoms with Crippen molar-refractivity contribution in [2.24, 2.45) is 5.73 Å². The molecular formula is C9H11N5S. The summed E-state index contributed by atoms with van der Waals surface area (Å²) in [6.07, 6.45) is 0. The molecule has 2 aromatic rings. The first kappa shape index (κ1) is 9.72. The zero-order valence-electron chi connectivity index (χ0n) is 7.97. The lowest BCUT2D eigenvalue weighted by Gasteiger charge is -2.00. The molecule has 0 aliphatic heterocycles. The van der Waals surface area contributed by atoms with E-state index < -0.39 is 0 Å². The van der Waals surface area contributed by atoms with E-state index in [2.05, 4.69) is 5.10 Å². The van der Waals surface area contributed by atoms with E-state index in [4.69, 9.17) is 16.9 Å². The van der Waals surface area contributed by atoms with Gasteiger partial charge in [-0.2, -0.15) is 5.10 Å². The van der Waals surface area contributed by atoms with Gasteiger partial charge in [-0.25, -0.2) is 4.68 Å². The van der Waals surface area contributed by atoms with Gasteiger partial charge < -0.3 is 11.5 Å². The Balaban J connectivity index is 2.33. The number of hydrogen-bond donors (Lipinski definition) is 3. The molecule has 0 aromatic carbocycles. The number of anilines is 1. The normalized spacial score (nSPS) is 10.4. The molecule has 2 heterocycles. The van der Waals surface area contributed by atoms with E-state index in [9.17, 15) is 0 Å². The Hall–Kier alpha value is -1.82. The number of aromatic nitrogens is 2. The second-order valence-corrected chi connectivity index (χ2v) is 4.06. The van der Waals surface area contributed by atoms with Crippen LogP contribution in [0.1, 0.15) is 0 Å². The van der Waals surface area contributed by atoms with Crippen molar-refractivity contribution >= 4 is 23.0 Å². The third-order valence-electron chi connectivity index (χ3n) is 1.90. The first-order valence-corrected chi connectivity index (χ1v) is 5.25. The summed E-state index contributed by atoms with van der Waals surface area (Å²) < 4.78 is 1.53. The summed E-state index contributed by atoms with van der Waals surface area (Å²) in [5, 5.41) is 13.4. The molecule has 5 nitrogen and oxygen atoms in total. The standard InChI is InChI=1S/C9H11N5S/c10-8(11)5-14-9(12)4-6(13-14)7-2-1-3-15-7/h1-4H,5,12H2,(H3,10,11). The maximum atomic E-state index is 7.18. The first-order chi connectivity index (χ1) is 7.16. The van der Waals surface area contributed by atoms with Gasteiger partial charge in [0, 0.05) is 6.07 Å². The minimum Gasteiger partial charge on any atom is -0.386 e. The summed E-state index contributed by atoms with van der Waals surface area (Å²) in [6, 6.07) is 5.72. The number of nitrogens with one attached hydrogen (secondary N) is 1. The highest BCUT2D eigenvalue weighted by Crippen LogP contribution is 2.24. The van der Waals surface area contributed by atoms with Gasteiger partial charge in [0.2, 0.25) is 0 Å². The molecule has 2 aromatic heterocycles. The molecule has 78 valence electrons. The smallest absolute Gasteiger partial charge is 0.122 e. The Morgan fingerprint density at radius 2 is 2.40 bits per heavy atom. The lowest BCUT2D eigenvalue weighted by atomic mass is 10.3. The van der Waals surface area contributed by atoms with Crippen LogP contribution in [0.25, 0.3) is 10.6 Å². The SMILES string of the molecule is N=C(N)Cn1nc(-c2cccs2)cc1N. The number of nitrogens with zero attached hydrogens (tertiary/aromatic N) is 2. The van der Waals surface area contributed by atoms with Crippen LogP contribution in [0.5, 0.6) is 0 Å². The largest absolute Gasteiger partial charge is 0.386 e. The lowest BCUT2D eigenvalue weighted by molar-refractivity contribution is 0.732. The number of amidine groups is 1. The summed E-state index contributed by atoms with van der Waals surface area (Å²) in [6.45, 7) is 0.233. The molecule has 0 saturated heterocycles. The molecule has 0 bridgehead atoms. The van der Waals surface area contributed by atoms with E-state index in [0.717, 1.165) is 10.6 Å². The lowest BCUT2D eigenvalue weighted by Crippen LogP contribution is -2.19. The Morgan fingerprint density at radius 3 is 3.00 bits per heavy atom. The summed E-state index contributed by atoms with van der Waals surface area (Å²) in [5.41, 5.74) is 11.9. The van der Waals surface area contributed by atoms with Crippen molar-refractivity contribution in [2.45, 2.75) is 6.54 Å². The summed E-state index contributed by atoms with van der Waals surface area (Å²) >= 11 is 1.60. The number of rotatable bonds is 3. The van der Waals surface area contributed by atoms with Gasteiger partial charge in [-0.3, -0.25) is 5.41 Å². The van der Waals surface area contributed by atoms with Crippen LogP contribution < -0.4 is 11.5 Å². The van der Waals surface area contributed by atoms with Crippen LogP contribution in [0.2, 0.25) is 0 Å². The average molecular weight is 221 g/mol. The Kier molecular flexibility index (Phi) is 2.42. The van der Waals surface area contributed by atoms with Gasteiger partial charge in [0.05, 0.1) is 11.4 Å². The van der Waals surface area contributed by atoms with Crippen molar-refractivity contribution in [3.8, 4) is 10.6 Å². The van der Waals surface area contributed by atoms with Crippen LogP contribution >= 0.6 is 11.3 Å². The Morgan fingerprint density at radius 1 is 1.60 bits per heavy atom. The van der Waals surface area contributed by atoms with E-state index in [1.807, 2.05) is 17.5 Å². The average Bonchev–Trinajstić information content (AvgIpc) is 2.75. The number of hydrogen-bond acceptors (Lipinski definition) is 4. The van der Waals surface area contributed by atoms with Crippen LogP contribution in [-0.2, 0) is 6.54 Å². The Bertz CT molecular complexity index is 471. The molecule has 6 heteroatoms. The topological polar surface area (TPSA) is 93.7 Å². The van der Waals surface area contributed by atoms with E-state index in [0.29, 0.717) is 5.82 Å². The molecule has 0 fully saturated rings. The highest BCUT2D eigenvalue weighted by Gasteiger charge is 2.08. The van der Waals surface area contributed by atoms with Crippen molar-refractivity contribution < 1.29 is 0 Å². The maximum absolute atomic E-state index is 7.18. The molecular weight excluding hydrogens is 210 g/mol. The van der Waals surface area contributed by atoms with Gasteiger partial charge in [-0.05, 0) is 11.4 Å². The second-order valence-electron chi connectivity index (χ2n) is 3.11. The van der Waals surface area contributed by atoms with Gasteiger partial charge in [-0.15, -0.1) is 11.3 Å². The molecule has 15 heavy (non-hydrogen) atoms. The van der Waals surface area contributed by atoms with Crippen molar-refractivity contribution in [3.05, 3.63) is 23.6 Å². The molecule has 0 aliphatic rings. The van der Waals surface area contributed by atoms with Gasteiger partial charge in [0.1, 0.15) is 17.3 Å². The van der Waals surface area contributed by atoms with Gasteiger partial charge in [0.15, 0.2) is 0 Å². The van der Waals surface area contributed by atoms with E-state index in [1.54, 1.807) is 17.4 Å². The van der Waals surface area contributed by atoms with Crippen LogP contribution in [0.3, 0.4) is 0 Å². The van der Waals surface area contributed by atoms with E-state index in [-0.39, 0.29) is 12.4 Å². The van der Waals surface area contributed by atoms with Crippen LogP contribution in [0.15, 0.2) is 23.6 Å². The zero-order valence-corrected chi connectivity index (χ0v) is 8.79. The molecule has 0 amide bonds. The molecule has 0 atom stereocenters. The fourth-order valence-corrected chi connectivity index (χ4v) is 1.95. The fraction of sp³-hybridized carbons (Fsp3) is 0.111. The molecule has 2 rings (SSSR count). The quantitative estimate of drug-likeness (QED) is 0.535.